The highest BCUT2D eigenvalue weighted by Gasteiger charge is 2.33. The van der Waals surface area contributed by atoms with E-state index in [2.05, 4.69) is 20.6 Å². The van der Waals surface area contributed by atoms with Gasteiger partial charge < -0.3 is 10.6 Å². The summed E-state index contributed by atoms with van der Waals surface area (Å²) in [6.45, 7) is 0.545. The molecular formula is C23H16ClF3N4O. The van der Waals surface area contributed by atoms with Crippen molar-refractivity contribution in [3.05, 3.63) is 94.8 Å². The van der Waals surface area contributed by atoms with E-state index in [0.29, 0.717) is 12.2 Å². The minimum Gasteiger partial charge on any atom is -0.308 e. The van der Waals surface area contributed by atoms with Gasteiger partial charge in [0, 0.05) is 34.9 Å². The van der Waals surface area contributed by atoms with Crippen LogP contribution in [0.5, 0.6) is 0 Å². The van der Waals surface area contributed by atoms with E-state index in [-0.39, 0.29) is 5.69 Å². The third kappa shape index (κ3) is 4.81. The molecule has 2 heterocycles. The molecule has 0 saturated carbocycles. The smallest absolute Gasteiger partial charge is 0.308 e. The van der Waals surface area contributed by atoms with Crippen LogP contribution in [-0.4, -0.2) is 23.3 Å². The van der Waals surface area contributed by atoms with Gasteiger partial charge in [-0.1, -0.05) is 29.8 Å². The Labute approximate surface area is 186 Å². The van der Waals surface area contributed by atoms with Crippen molar-refractivity contribution in [2.24, 2.45) is 4.99 Å². The quantitative estimate of drug-likeness (QED) is 0.485. The third-order valence-corrected chi connectivity index (χ3v) is 5.04. The third-order valence-electron chi connectivity index (χ3n) is 4.71. The highest BCUT2D eigenvalue weighted by molar-refractivity contribution is 6.33. The first kappa shape index (κ1) is 21.6. The number of nitrogens with one attached hydrogen (secondary N) is 2. The summed E-state index contributed by atoms with van der Waals surface area (Å²) in [7, 11) is 0. The van der Waals surface area contributed by atoms with Crippen molar-refractivity contribution in [2.75, 3.05) is 17.2 Å². The molecule has 1 aliphatic rings. The van der Waals surface area contributed by atoms with Crippen LogP contribution >= 0.6 is 11.6 Å². The minimum atomic E-state index is -4.62. The molecule has 9 heteroatoms. The molecule has 0 bridgehead atoms. The van der Waals surface area contributed by atoms with Crippen molar-refractivity contribution < 1.29 is 18.0 Å². The van der Waals surface area contributed by atoms with Crippen molar-refractivity contribution in [2.45, 2.75) is 6.18 Å². The molecule has 0 unspecified atom stereocenters. The molecule has 5 nitrogen and oxygen atoms in total. The number of hydrogen-bond donors (Lipinski definition) is 2. The number of carbonyl (C=O) groups is 1. The van der Waals surface area contributed by atoms with Crippen molar-refractivity contribution in [3.63, 3.8) is 0 Å². The van der Waals surface area contributed by atoms with E-state index in [1.165, 1.54) is 6.07 Å². The number of rotatable bonds is 4. The maximum atomic E-state index is 13.0. The molecule has 0 spiro atoms. The van der Waals surface area contributed by atoms with E-state index in [4.69, 9.17) is 11.6 Å². The van der Waals surface area contributed by atoms with Gasteiger partial charge in [-0.25, -0.2) is 4.79 Å². The van der Waals surface area contributed by atoms with E-state index in [1.807, 2.05) is 24.3 Å². The van der Waals surface area contributed by atoms with Gasteiger partial charge in [-0.05, 0) is 48.0 Å². The van der Waals surface area contributed by atoms with Crippen LogP contribution < -0.4 is 10.6 Å². The summed E-state index contributed by atoms with van der Waals surface area (Å²) in [5.41, 5.74) is 2.95. The number of allylic oxidation sites excluding steroid dienone is 1. The fraction of sp³-hybridized carbons (Fsp3) is 0.0870. The van der Waals surface area contributed by atoms with E-state index < -0.39 is 22.8 Å². The lowest BCUT2D eigenvalue weighted by Gasteiger charge is -2.13. The molecule has 0 aliphatic carbocycles. The molecule has 1 aliphatic heterocycles. The van der Waals surface area contributed by atoms with Gasteiger partial charge in [0.05, 0.1) is 22.8 Å². The Morgan fingerprint density at radius 2 is 1.66 bits per heavy atom. The first-order valence-corrected chi connectivity index (χ1v) is 9.89. The lowest BCUT2D eigenvalue weighted by atomic mass is 9.97. The number of benzene rings is 2. The fourth-order valence-corrected chi connectivity index (χ4v) is 3.53. The zero-order valence-electron chi connectivity index (χ0n) is 16.4. The number of urea groups is 1. The van der Waals surface area contributed by atoms with Crippen LogP contribution in [0, 0.1) is 0 Å². The van der Waals surface area contributed by atoms with Gasteiger partial charge in [-0.15, -0.1) is 0 Å². The zero-order chi connectivity index (χ0) is 22.7. The van der Waals surface area contributed by atoms with Crippen LogP contribution in [0.2, 0.25) is 5.02 Å². The molecule has 2 N–H and O–H groups in total. The summed E-state index contributed by atoms with van der Waals surface area (Å²) >= 11 is 5.62. The summed E-state index contributed by atoms with van der Waals surface area (Å²) in [5, 5.41) is 4.59. The first-order chi connectivity index (χ1) is 15.3. The van der Waals surface area contributed by atoms with Gasteiger partial charge >= 0.3 is 12.2 Å². The standard InChI is InChI=1S/C23H16ClF3N4O/c24-20-5-4-17(13-19(20)23(25,26)27)31-22(32)30-16-3-1-2-15(12-16)21-18(8-11-29-21)14-6-9-28-10-7-14/h1-10,12-13H,11H2,(H2,30,31,32). The monoisotopic (exact) mass is 456 g/mol. The molecule has 162 valence electrons. The van der Waals surface area contributed by atoms with Crippen molar-refractivity contribution >= 4 is 40.3 Å². The molecule has 0 saturated heterocycles. The number of halogens is 4. The summed E-state index contributed by atoms with van der Waals surface area (Å²) in [4.78, 5) is 20.9. The number of aliphatic imine (C=N–C) groups is 1. The maximum Gasteiger partial charge on any atom is 0.417 e. The number of pyridine rings is 1. The van der Waals surface area contributed by atoms with Gasteiger partial charge in [-0.2, -0.15) is 13.2 Å². The molecule has 0 fully saturated rings. The molecule has 0 radical (unpaired) electrons. The van der Waals surface area contributed by atoms with Crippen LogP contribution in [0.25, 0.3) is 5.57 Å². The Morgan fingerprint density at radius 3 is 2.38 bits per heavy atom. The van der Waals surface area contributed by atoms with Crippen LogP contribution in [0.1, 0.15) is 16.7 Å². The normalized spacial score (nSPS) is 13.4. The molecule has 32 heavy (non-hydrogen) atoms. The Balaban J connectivity index is 1.49. The second-order valence-corrected chi connectivity index (χ2v) is 7.30. The summed E-state index contributed by atoms with van der Waals surface area (Å²) in [5.74, 6) is 0. The molecule has 1 aromatic heterocycles. The average molecular weight is 457 g/mol. The largest absolute Gasteiger partial charge is 0.417 e. The second-order valence-electron chi connectivity index (χ2n) is 6.90. The Morgan fingerprint density at radius 1 is 0.938 bits per heavy atom. The molecule has 2 amide bonds. The van der Waals surface area contributed by atoms with Crippen LogP contribution in [0.15, 0.2) is 78.1 Å². The van der Waals surface area contributed by atoms with Gasteiger partial charge in [0.2, 0.25) is 0 Å². The predicted octanol–water partition coefficient (Wildman–Crippen LogP) is 6.28. The predicted molar refractivity (Wildman–Crippen MR) is 119 cm³/mol. The molecular weight excluding hydrogens is 441 g/mol. The number of amides is 2. The summed E-state index contributed by atoms with van der Waals surface area (Å²) in [6, 6.07) is 13.3. The van der Waals surface area contributed by atoms with Gasteiger partial charge in [-0.3, -0.25) is 9.98 Å². The first-order valence-electron chi connectivity index (χ1n) is 9.52. The van der Waals surface area contributed by atoms with Gasteiger partial charge in [0.15, 0.2) is 0 Å². The molecule has 3 aromatic rings. The molecule has 4 rings (SSSR count). The van der Waals surface area contributed by atoms with Crippen LogP contribution in [0.4, 0.5) is 29.3 Å². The van der Waals surface area contributed by atoms with Crippen molar-refractivity contribution in [1.29, 1.82) is 0 Å². The number of anilines is 2. The lowest BCUT2D eigenvalue weighted by Crippen LogP contribution is -2.20. The number of carbonyl (C=O) groups excluding carboxylic acids is 1. The number of nitrogens with zero attached hydrogens (tertiary/aromatic N) is 2. The average Bonchev–Trinajstić information content (AvgIpc) is 3.25. The van der Waals surface area contributed by atoms with E-state index >= 15 is 0 Å². The van der Waals surface area contributed by atoms with Crippen molar-refractivity contribution in [3.8, 4) is 0 Å². The van der Waals surface area contributed by atoms with Crippen molar-refractivity contribution in [1.82, 2.24) is 4.98 Å². The molecule has 0 atom stereocenters. The van der Waals surface area contributed by atoms with E-state index in [1.54, 1.807) is 30.6 Å². The zero-order valence-corrected chi connectivity index (χ0v) is 17.2. The number of aromatic nitrogens is 1. The Bertz CT molecular complexity index is 1220. The Kier molecular flexibility index (Phi) is 5.96. The molecule has 2 aromatic carbocycles. The SMILES string of the molecule is O=C(Nc1cccc(C2=NCC=C2c2ccncc2)c1)Nc1ccc(Cl)c(C(F)(F)F)c1. The van der Waals surface area contributed by atoms with Crippen LogP contribution in [-0.2, 0) is 6.18 Å². The van der Waals surface area contributed by atoms with Gasteiger partial charge in [0.1, 0.15) is 0 Å². The lowest BCUT2D eigenvalue weighted by molar-refractivity contribution is -0.137. The number of hydrogen-bond acceptors (Lipinski definition) is 3. The Hall–Kier alpha value is -3.65. The fourth-order valence-electron chi connectivity index (χ4n) is 3.30. The van der Waals surface area contributed by atoms with E-state index in [0.717, 1.165) is 34.5 Å². The second kappa shape index (κ2) is 8.84. The highest BCUT2D eigenvalue weighted by atomic mass is 35.5. The maximum absolute atomic E-state index is 13.0. The van der Waals surface area contributed by atoms with Crippen LogP contribution in [0.3, 0.4) is 0 Å². The van der Waals surface area contributed by atoms with E-state index in [9.17, 15) is 18.0 Å². The summed E-state index contributed by atoms with van der Waals surface area (Å²) < 4.78 is 39.1. The minimum absolute atomic E-state index is 0.0292. The topological polar surface area (TPSA) is 66.4 Å². The van der Waals surface area contributed by atoms with Gasteiger partial charge in [0.25, 0.3) is 0 Å². The summed E-state index contributed by atoms with van der Waals surface area (Å²) in [6.07, 6.45) is 0.794. The highest BCUT2D eigenvalue weighted by Crippen LogP contribution is 2.36. The number of alkyl halides is 3.